The Morgan fingerprint density at radius 2 is 1.79 bits per heavy atom. The van der Waals surface area contributed by atoms with Crippen molar-refractivity contribution in [1.29, 1.82) is 0 Å². The van der Waals surface area contributed by atoms with Crippen molar-refractivity contribution in [1.82, 2.24) is 9.58 Å². The lowest BCUT2D eigenvalue weighted by molar-refractivity contribution is -0.943. The maximum atomic E-state index is 13.9. The molecule has 1 saturated heterocycles. The highest BCUT2D eigenvalue weighted by Crippen LogP contribution is 2.38. The zero-order chi connectivity index (χ0) is 23.8. The zero-order valence-electron chi connectivity index (χ0n) is 18.3. The molecule has 0 aliphatic carbocycles. The number of amides is 1. The lowest BCUT2D eigenvalue weighted by Crippen LogP contribution is -3.21. The van der Waals surface area contributed by atoms with E-state index in [1.54, 1.807) is 0 Å². The third kappa shape index (κ3) is 4.32. The lowest BCUT2D eigenvalue weighted by atomic mass is 10.0. The largest absolute Gasteiger partial charge is 0.428 e. The SMILES string of the molecule is O=Cc1c2c(n(-c3ccc(I)cc3Cl)c1-c1ccc(OI)cc1)CC[NH+](N1CCCCC1)C2=O. The maximum absolute atomic E-state index is 13.9. The number of fused-ring (bicyclic) bond motifs is 1. The molecule has 2 aliphatic rings. The highest BCUT2D eigenvalue weighted by atomic mass is 127. The van der Waals surface area contributed by atoms with Crippen molar-refractivity contribution in [2.45, 2.75) is 25.7 Å². The first-order chi connectivity index (χ1) is 16.5. The molecule has 9 heteroatoms. The summed E-state index contributed by atoms with van der Waals surface area (Å²) in [6.07, 6.45) is 4.89. The van der Waals surface area contributed by atoms with Gasteiger partial charge in [0.25, 0.3) is 0 Å². The molecule has 1 fully saturated rings. The fourth-order valence-corrected chi connectivity index (χ4v) is 6.32. The minimum absolute atomic E-state index is 0.0286. The van der Waals surface area contributed by atoms with Crippen LogP contribution in [0, 0.1) is 3.57 Å². The van der Waals surface area contributed by atoms with Gasteiger partial charge >= 0.3 is 5.91 Å². The summed E-state index contributed by atoms with van der Waals surface area (Å²) in [5.74, 6) is 0.683. The summed E-state index contributed by atoms with van der Waals surface area (Å²) >= 11 is 10.8. The second kappa shape index (κ2) is 10.3. The van der Waals surface area contributed by atoms with Gasteiger partial charge in [0.2, 0.25) is 0 Å². The van der Waals surface area contributed by atoms with Crippen molar-refractivity contribution in [2.75, 3.05) is 19.6 Å². The summed E-state index contributed by atoms with van der Waals surface area (Å²) < 4.78 is 8.33. The Kier molecular flexibility index (Phi) is 7.31. The molecule has 0 radical (unpaired) electrons. The van der Waals surface area contributed by atoms with Crippen LogP contribution in [-0.4, -0.2) is 41.4 Å². The number of aromatic nitrogens is 1. The normalized spacial score (nSPS) is 18.6. The third-order valence-corrected chi connectivity index (χ3v) is 8.10. The molecule has 0 bridgehead atoms. The molecule has 2 aliphatic heterocycles. The molecule has 3 heterocycles. The van der Waals surface area contributed by atoms with Gasteiger partial charge in [0.1, 0.15) is 17.9 Å². The van der Waals surface area contributed by atoms with Gasteiger partial charge in [-0.05, 0) is 83.5 Å². The average Bonchev–Trinajstić information content (AvgIpc) is 3.20. The second-order valence-corrected chi connectivity index (χ2v) is 10.7. The predicted octanol–water partition coefficient (Wildman–Crippen LogP) is 4.93. The number of halogens is 3. The molecule has 176 valence electrons. The summed E-state index contributed by atoms with van der Waals surface area (Å²) in [5.41, 5.74) is 4.07. The molecule has 1 aromatic heterocycles. The number of aldehydes is 1. The van der Waals surface area contributed by atoms with Crippen LogP contribution in [0.2, 0.25) is 5.02 Å². The fourth-order valence-electron chi connectivity index (χ4n) is 5.08. The quantitative estimate of drug-likeness (QED) is 0.303. The smallest absolute Gasteiger partial charge is 0.366 e. The zero-order valence-corrected chi connectivity index (χ0v) is 23.4. The number of benzene rings is 2. The van der Waals surface area contributed by atoms with Crippen molar-refractivity contribution in [3.8, 4) is 22.7 Å². The first-order valence-corrected chi connectivity index (χ1v) is 13.6. The van der Waals surface area contributed by atoms with Gasteiger partial charge < -0.3 is 7.63 Å². The van der Waals surface area contributed by atoms with E-state index in [9.17, 15) is 9.59 Å². The van der Waals surface area contributed by atoms with E-state index in [-0.39, 0.29) is 5.91 Å². The van der Waals surface area contributed by atoms with Gasteiger partial charge in [0.15, 0.2) is 29.3 Å². The first kappa shape index (κ1) is 24.2. The van der Waals surface area contributed by atoms with Gasteiger partial charge in [-0.2, -0.15) is 5.01 Å². The maximum Gasteiger partial charge on any atom is 0.366 e. The van der Waals surface area contributed by atoms with Crippen LogP contribution in [0.1, 0.15) is 45.7 Å². The van der Waals surface area contributed by atoms with Crippen LogP contribution >= 0.6 is 57.2 Å². The summed E-state index contributed by atoms with van der Waals surface area (Å²) in [7, 11) is 0. The topological polar surface area (TPSA) is 56.0 Å². The molecule has 6 nitrogen and oxygen atoms in total. The van der Waals surface area contributed by atoms with Crippen LogP contribution in [0.15, 0.2) is 42.5 Å². The van der Waals surface area contributed by atoms with Crippen molar-refractivity contribution in [3.63, 3.8) is 0 Å². The molecule has 5 rings (SSSR count). The van der Waals surface area contributed by atoms with E-state index in [2.05, 4.69) is 27.6 Å². The van der Waals surface area contributed by atoms with Crippen LogP contribution in [-0.2, 0) is 6.42 Å². The number of carbonyl (C=O) groups is 2. The highest BCUT2D eigenvalue weighted by Gasteiger charge is 2.41. The predicted molar refractivity (Wildman–Crippen MR) is 148 cm³/mol. The van der Waals surface area contributed by atoms with Crippen molar-refractivity contribution < 1.29 is 17.7 Å². The summed E-state index contributed by atoms with van der Waals surface area (Å²) in [4.78, 5) is 26.4. The molecule has 3 aromatic rings. The van der Waals surface area contributed by atoms with E-state index < -0.39 is 0 Å². The molecule has 2 aromatic carbocycles. The standard InChI is InChI=1S/C25H22ClI2N3O3/c26-20-14-17(27)6-9-21(20)31-22-10-13-30(29-11-2-1-3-12-29)25(33)23(22)19(15-32)24(31)16-4-7-18(34-28)8-5-16/h4-9,14-15H,1-3,10-13H2/p+1. The summed E-state index contributed by atoms with van der Waals surface area (Å²) in [5, 5.41) is 3.64. The van der Waals surface area contributed by atoms with Crippen LogP contribution in [0.5, 0.6) is 5.75 Å². The third-order valence-electron chi connectivity index (χ3n) is 6.62. The second-order valence-electron chi connectivity index (χ2n) is 8.56. The molecule has 0 spiro atoms. The molecule has 1 N–H and O–H groups in total. The highest BCUT2D eigenvalue weighted by molar-refractivity contribution is 14.1. The molecule has 1 unspecified atom stereocenters. The molecule has 34 heavy (non-hydrogen) atoms. The van der Waals surface area contributed by atoms with Gasteiger partial charge in [-0.25, -0.2) is 4.79 Å². The van der Waals surface area contributed by atoms with E-state index in [0.29, 0.717) is 40.6 Å². The van der Waals surface area contributed by atoms with Crippen molar-refractivity contribution in [3.05, 3.63) is 67.9 Å². The summed E-state index contributed by atoms with van der Waals surface area (Å²) in [6.45, 7) is 2.47. The molecular weight excluding hydrogens is 680 g/mol. The van der Waals surface area contributed by atoms with E-state index in [4.69, 9.17) is 14.7 Å². The number of carbonyl (C=O) groups excluding carboxylic acids is 2. The van der Waals surface area contributed by atoms with E-state index in [1.165, 1.54) is 6.42 Å². The monoisotopic (exact) mass is 702 g/mol. The summed E-state index contributed by atoms with van der Waals surface area (Å²) in [6, 6.07) is 13.4. The Morgan fingerprint density at radius 1 is 1.06 bits per heavy atom. The van der Waals surface area contributed by atoms with E-state index in [0.717, 1.165) is 57.7 Å². The number of hydrogen-bond acceptors (Lipinski definition) is 4. The number of quaternary nitrogens is 1. The van der Waals surface area contributed by atoms with Gasteiger partial charge in [-0.15, -0.1) is 5.01 Å². The first-order valence-electron chi connectivity index (χ1n) is 11.3. The minimum Gasteiger partial charge on any atom is -0.428 e. The van der Waals surface area contributed by atoms with Crippen molar-refractivity contribution in [2.24, 2.45) is 0 Å². The number of nitrogens with zero attached hydrogens (tertiary/aromatic N) is 2. The number of hydrogen-bond donors (Lipinski definition) is 1. The van der Waals surface area contributed by atoms with Gasteiger partial charge in [0.05, 0.1) is 22.0 Å². The van der Waals surface area contributed by atoms with Gasteiger partial charge in [-0.1, -0.05) is 18.0 Å². The Labute approximate surface area is 231 Å². The Balaban J connectivity index is 1.73. The molecule has 0 saturated carbocycles. The molecular formula is C25H23ClI2N3O3+. The number of nitrogens with one attached hydrogen (secondary N) is 1. The molecule has 1 atom stereocenters. The van der Waals surface area contributed by atoms with E-state index >= 15 is 0 Å². The minimum atomic E-state index is -0.0286. The Hall–Kier alpha value is -1.47. The van der Waals surface area contributed by atoms with Crippen LogP contribution in [0.3, 0.4) is 0 Å². The number of rotatable bonds is 5. The average molecular weight is 703 g/mol. The van der Waals surface area contributed by atoms with E-state index in [1.807, 2.05) is 70.0 Å². The lowest BCUT2D eigenvalue weighted by Gasteiger charge is -2.34. The van der Waals surface area contributed by atoms with Crippen LogP contribution in [0.4, 0.5) is 0 Å². The van der Waals surface area contributed by atoms with Crippen LogP contribution in [0.25, 0.3) is 16.9 Å². The molecule has 1 amide bonds. The Bertz CT molecular complexity index is 1250. The van der Waals surface area contributed by atoms with Gasteiger partial charge in [-0.3, -0.25) is 4.79 Å². The number of piperidine rings is 1. The van der Waals surface area contributed by atoms with Crippen LogP contribution < -0.4 is 8.08 Å². The fraction of sp³-hybridized carbons (Fsp3) is 0.280. The Morgan fingerprint density at radius 3 is 2.44 bits per heavy atom. The van der Waals surface area contributed by atoms with Crippen molar-refractivity contribution >= 4 is 69.4 Å². The van der Waals surface area contributed by atoms with Gasteiger partial charge in [0, 0.05) is 28.8 Å².